The lowest BCUT2D eigenvalue weighted by atomic mass is 9.98. The molecule has 2 aromatic rings. The van der Waals surface area contributed by atoms with Gasteiger partial charge in [0.1, 0.15) is 0 Å². The van der Waals surface area contributed by atoms with Gasteiger partial charge in [-0.25, -0.2) is 4.68 Å². The van der Waals surface area contributed by atoms with Crippen molar-refractivity contribution in [2.45, 2.75) is 33.1 Å². The van der Waals surface area contributed by atoms with Gasteiger partial charge in [0.05, 0.1) is 25.6 Å². The standard InChI is InChI=1S/C21H24N2O3/c1-12-19-15(11-14-20(19)21(14,2)3)23(22-12)18(24)9-7-13-6-8-16(25-4)17(10-13)26-5/h6-10,14,20H,11H2,1-5H3/b9-7+/t14-,20-/m1/s1. The summed E-state index contributed by atoms with van der Waals surface area (Å²) in [6.45, 7) is 6.62. The number of hydrogen-bond donors (Lipinski definition) is 0. The summed E-state index contributed by atoms with van der Waals surface area (Å²) < 4.78 is 12.1. The molecule has 0 aliphatic heterocycles. The molecular formula is C21H24N2O3. The van der Waals surface area contributed by atoms with Crippen LogP contribution < -0.4 is 9.47 Å². The van der Waals surface area contributed by atoms with Gasteiger partial charge in [-0.15, -0.1) is 0 Å². The first-order chi connectivity index (χ1) is 12.4. The van der Waals surface area contributed by atoms with Crippen LogP contribution in [-0.2, 0) is 6.42 Å². The second-order valence-corrected chi connectivity index (χ2v) is 7.75. The number of carbonyl (C=O) groups excluding carboxylic acids is 1. The Morgan fingerprint density at radius 2 is 2.00 bits per heavy atom. The van der Waals surface area contributed by atoms with Gasteiger partial charge in [-0.3, -0.25) is 4.79 Å². The van der Waals surface area contributed by atoms with Crippen molar-refractivity contribution in [2.24, 2.45) is 11.3 Å². The van der Waals surface area contributed by atoms with E-state index >= 15 is 0 Å². The van der Waals surface area contributed by atoms with Crippen LogP contribution in [0, 0.1) is 18.3 Å². The van der Waals surface area contributed by atoms with Crippen LogP contribution in [0.5, 0.6) is 11.5 Å². The summed E-state index contributed by atoms with van der Waals surface area (Å²) >= 11 is 0. The van der Waals surface area contributed by atoms with E-state index in [-0.39, 0.29) is 5.91 Å². The van der Waals surface area contributed by atoms with Crippen LogP contribution in [0.15, 0.2) is 24.3 Å². The second kappa shape index (κ2) is 5.73. The van der Waals surface area contributed by atoms with Gasteiger partial charge in [0.25, 0.3) is 5.91 Å². The maximum atomic E-state index is 12.7. The Hall–Kier alpha value is -2.56. The zero-order valence-electron chi connectivity index (χ0n) is 15.9. The minimum absolute atomic E-state index is 0.108. The van der Waals surface area contributed by atoms with Gasteiger partial charge in [0.15, 0.2) is 11.5 Å². The number of allylic oxidation sites excluding steroid dienone is 1. The number of fused-ring (bicyclic) bond motifs is 3. The van der Waals surface area contributed by atoms with E-state index in [2.05, 4.69) is 18.9 Å². The van der Waals surface area contributed by atoms with Crippen molar-refractivity contribution < 1.29 is 14.3 Å². The average molecular weight is 352 g/mol. The lowest BCUT2D eigenvalue weighted by Gasteiger charge is -2.09. The van der Waals surface area contributed by atoms with Crippen LogP contribution in [0.1, 0.15) is 47.1 Å². The molecule has 4 rings (SSSR count). The fraction of sp³-hybridized carbons (Fsp3) is 0.429. The number of aromatic nitrogens is 2. The van der Waals surface area contributed by atoms with E-state index in [1.807, 2.05) is 25.1 Å². The number of rotatable bonds is 4. The highest BCUT2D eigenvalue weighted by Gasteiger charge is 2.63. The smallest absolute Gasteiger partial charge is 0.271 e. The molecule has 1 fully saturated rings. The Morgan fingerprint density at radius 3 is 2.69 bits per heavy atom. The van der Waals surface area contributed by atoms with Crippen LogP contribution in [0.2, 0.25) is 0 Å². The zero-order valence-corrected chi connectivity index (χ0v) is 15.9. The quantitative estimate of drug-likeness (QED) is 0.784. The first-order valence-corrected chi connectivity index (χ1v) is 8.91. The van der Waals surface area contributed by atoms with Gasteiger partial charge in [0, 0.05) is 11.6 Å². The Kier molecular flexibility index (Phi) is 3.72. The first-order valence-electron chi connectivity index (χ1n) is 8.91. The molecule has 0 unspecified atom stereocenters. The Morgan fingerprint density at radius 1 is 1.27 bits per heavy atom. The highest BCUT2D eigenvalue weighted by Crippen LogP contribution is 2.70. The van der Waals surface area contributed by atoms with Gasteiger partial charge >= 0.3 is 0 Å². The molecule has 0 bridgehead atoms. The number of ether oxygens (including phenoxy) is 2. The van der Waals surface area contributed by atoms with E-state index < -0.39 is 0 Å². The highest BCUT2D eigenvalue weighted by molar-refractivity contribution is 5.94. The van der Waals surface area contributed by atoms with Crippen molar-refractivity contribution in [3.05, 3.63) is 46.8 Å². The predicted octanol–water partition coefficient (Wildman–Crippen LogP) is 3.86. The molecule has 0 amide bonds. The molecule has 0 saturated heterocycles. The lowest BCUT2D eigenvalue weighted by molar-refractivity contribution is 0.0951. The predicted molar refractivity (Wildman–Crippen MR) is 99.9 cm³/mol. The first kappa shape index (κ1) is 16.9. The maximum absolute atomic E-state index is 12.7. The Bertz CT molecular complexity index is 924. The summed E-state index contributed by atoms with van der Waals surface area (Å²) in [5, 5.41) is 4.52. The molecule has 0 spiro atoms. The van der Waals surface area contributed by atoms with Crippen molar-refractivity contribution in [3.63, 3.8) is 0 Å². The summed E-state index contributed by atoms with van der Waals surface area (Å²) in [6, 6.07) is 5.56. The van der Waals surface area contributed by atoms with E-state index in [4.69, 9.17) is 9.47 Å². The maximum Gasteiger partial charge on any atom is 0.271 e. The summed E-state index contributed by atoms with van der Waals surface area (Å²) in [4.78, 5) is 12.7. The van der Waals surface area contributed by atoms with Crippen molar-refractivity contribution in [3.8, 4) is 11.5 Å². The van der Waals surface area contributed by atoms with Crippen LogP contribution >= 0.6 is 0 Å². The van der Waals surface area contributed by atoms with E-state index in [1.165, 1.54) is 5.56 Å². The van der Waals surface area contributed by atoms with E-state index in [1.54, 1.807) is 31.1 Å². The molecular weight excluding hydrogens is 328 g/mol. The molecule has 136 valence electrons. The SMILES string of the molecule is COc1ccc(/C=C/C(=O)n2nc(C)c3c2C[C@@H]2[C@H]3C2(C)C)cc1OC. The second-order valence-electron chi connectivity index (χ2n) is 7.75. The van der Waals surface area contributed by atoms with Crippen LogP contribution in [0.3, 0.4) is 0 Å². The van der Waals surface area contributed by atoms with Crippen molar-refractivity contribution in [1.29, 1.82) is 0 Å². The van der Waals surface area contributed by atoms with Crippen molar-refractivity contribution in [1.82, 2.24) is 9.78 Å². The molecule has 5 heteroatoms. The Labute approximate surface area is 153 Å². The average Bonchev–Trinajstić information content (AvgIpc) is 2.97. The van der Waals surface area contributed by atoms with Gasteiger partial charge in [-0.2, -0.15) is 5.10 Å². The van der Waals surface area contributed by atoms with Crippen LogP contribution in [0.25, 0.3) is 6.08 Å². The molecule has 2 aliphatic carbocycles. The number of carbonyl (C=O) groups is 1. The zero-order chi connectivity index (χ0) is 18.6. The molecule has 1 saturated carbocycles. The van der Waals surface area contributed by atoms with Crippen molar-refractivity contribution in [2.75, 3.05) is 14.2 Å². The van der Waals surface area contributed by atoms with Gasteiger partial charge < -0.3 is 9.47 Å². The third-order valence-corrected chi connectivity index (χ3v) is 6.02. The summed E-state index contributed by atoms with van der Waals surface area (Å²) in [6.07, 6.45) is 4.31. The highest BCUT2D eigenvalue weighted by atomic mass is 16.5. The number of benzene rings is 1. The minimum Gasteiger partial charge on any atom is -0.493 e. The minimum atomic E-state index is -0.108. The van der Waals surface area contributed by atoms with Crippen LogP contribution in [-0.4, -0.2) is 29.9 Å². The number of hydrogen-bond acceptors (Lipinski definition) is 4. The third-order valence-electron chi connectivity index (χ3n) is 6.02. The summed E-state index contributed by atoms with van der Waals surface area (Å²) in [7, 11) is 3.20. The summed E-state index contributed by atoms with van der Waals surface area (Å²) in [5.74, 6) is 2.42. The molecule has 1 aromatic carbocycles. The topological polar surface area (TPSA) is 53.4 Å². The van der Waals surface area contributed by atoms with E-state index in [0.29, 0.717) is 28.7 Å². The van der Waals surface area contributed by atoms with Crippen LogP contribution in [0.4, 0.5) is 0 Å². The monoisotopic (exact) mass is 352 g/mol. The van der Waals surface area contributed by atoms with Gasteiger partial charge in [-0.05, 0) is 54.4 Å². The number of aryl methyl sites for hydroxylation is 1. The van der Waals surface area contributed by atoms with E-state index in [9.17, 15) is 4.79 Å². The molecule has 0 N–H and O–H groups in total. The molecule has 2 atom stereocenters. The molecule has 2 aliphatic rings. The fourth-order valence-corrected chi connectivity index (χ4v) is 4.47. The van der Waals surface area contributed by atoms with Gasteiger partial charge in [0.2, 0.25) is 0 Å². The molecule has 0 radical (unpaired) electrons. The Balaban J connectivity index is 1.58. The molecule has 5 nitrogen and oxygen atoms in total. The molecule has 1 aromatic heterocycles. The molecule has 1 heterocycles. The number of nitrogens with zero attached hydrogens (tertiary/aromatic N) is 2. The summed E-state index contributed by atoms with van der Waals surface area (Å²) in [5.41, 5.74) is 4.61. The number of methoxy groups -OCH3 is 2. The fourth-order valence-electron chi connectivity index (χ4n) is 4.47. The lowest BCUT2D eigenvalue weighted by Crippen LogP contribution is -2.14. The van der Waals surface area contributed by atoms with E-state index in [0.717, 1.165) is 23.4 Å². The van der Waals surface area contributed by atoms with Crippen molar-refractivity contribution >= 4 is 12.0 Å². The third kappa shape index (κ3) is 2.37. The normalized spacial score (nSPS) is 22.2. The largest absolute Gasteiger partial charge is 0.493 e. The molecule has 26 heavy (non-hydrogen) atoms. The van der Waals surface area contributed by atoms with Gasteiger partial charge in [-0.1, -0.05) is 19.9 Å².